The van der Waals surface area contributed by atoms with E-state index in [2.05, 4.69) is 15.9 Å². The zero-order valence-electron chi connectivity index (χ0n) is 10.7. The van der Waals surface area contributed by atoms with Crippen LogP contribution in [0.25, 0.3) is 0 Å². The number of benzene rings is 1. The second-order valence-electron chi connectivity index (χ2n) is 6.57. The summed E-state index contributed by atoms with van der Waals surface area (Å²) in [7, 11) is 0. The summed E-state index contributed by atoms with van der Waals surface area (Å²) in [6, 6.07) is 4.75. The minimum absolute atomic E-state index is 0.230. The smallest absolute Gasteiger partial charge is 0.124 e. The van der Waals surface area contributed by atoms with Gasteiger partial charge in [-0.3, -0.25) is 0 Å². The van der Waals surface area contributed by atoms with E-state index in [9.17, 15) is 9.50 Å². The molecule has 0 aromatic heterocycles. The Labute approximate surface area is 121 Å². The molecule has 0 radical (unpaired) electrons. The van der Waals surface area contributed by atoms with Gasteiger partial charge < -0.3 is 5.11 Å². The molecule has 3 heteroatoms. The van der Waals surface area contributed by atoms with E-state index < -0.39 is 0 Å². The molecule has 1 nitrogen and oxygen atoms in total. The first kappa shape index (κ1) is 12.3. The number of fused-ring (bicyclic) bond motifs is 5. The Morgan fingerprint density at radius 1 is 1.26 bits per heavy atom. The van der Waals surface area contributed by atoms with Crippen LogP contribution in [0.1, 0.15) is 24.8 Å². The van der Waals surface area contributed by atoms with Gasteiger partial charge >= 0.3 is 0 Å². The summed E-state index contributed by atoms with van der Waals surface area (Å²) < 4.78 is 13.8. The minimum atomic E-state index is -0.250. The van der Waals surface area contributed by atoms with Crippen LogP contribution in [-0.4, -0.2) is 11.2 Å². The molecule has 2 bridgehead atoms. The lowest BCUT2D eigenvalue weighted by molar-refractivity contribution is 0.128. The SMILES string of the molecule is OC(Cc1ccc(F)cc1Br)C1C2C3CCC(C3)C12. The van der Waals surface area contributed by atoms with E-state index in [4.69, 9.17) is 0 Å². The molecular formula is C16H18BrFO. The Bertz CT molecular complexity index is 501. The lowest BCUT2D eigenvalue weighted by Crippen LogP contribution is -2.18. The largest absolute Gasteiger partial charge is 0.392 e. The number of hydrogen-bond donors (Lipinski definition) is 1. The molecule has 102 valence electrons. The average molecular weight is 325 g/mol. The fraction of sp³-hybridized carbons (Fsp3) is 0.625. The number of aliphatic hydroxyl groups is 1. The number of rotatable bonds is 3. The predicted octanol–water partition coefficient (Wildman–Crippen LogP) is 3.78. The minimum Gasteiger partial charge on any atom is -0.392 e. The van der Waals surface area contributed by atoms with E-state index in [1.165, 1.54) is 31.4 Å². The lowest BCUT2D eigenvalue weighted by Gasteiger charge is -2.16. The standard InChI is InChI=1S/C16H18BrFO/c17-12-7-11(18)4-3-8(12)6-13(19)16-14-9-1-2-10(5-9)15(14)16/h3-4,7,9-10,13-16,19H,1-2,5-6H2. The first-order chi connectivity index (χ1) is 9.15. The zero-order valence-corrected chi connectivity index (χ0v) is 12.3. The maximum Gasteiger partial charge on any atom is 0.124 e. The van der Waals surface area contributed by atoms with Crippen LogP contribution in [0.5, 0.6) is 0 Å². The molecule has 3 aliphatic carbocycles. The van der Waals surface area contributed by atoms with Crippen LogP contribution < -0.4 is 0 Å². The molecular weight excluding hydrogens is 307 g/mol. The van der Waals surface area contributed by atoms with Gasteiger partial charge in [-0.15, -0.1) is 0 Å². The summed E-state index contributed by atoms with van der Waals surface area (Å²) in [4.78, 5) is 0. The molecule has 3 aliphatic rings. The second kappa shape index (κ2) is 4.29. The number of aliphatic hydroxyl groups excluding tert-OH is 1. The molecule has 0 heterocycles. The van der Waals surface area contributed by atoms with Crippen LogP contribution in [-0.2, 0) is 6.42 Å². The van der Waals surface area contributed by atoms with Gasteiger partial charge in [0, 0.05) is 4.47 Å². The van der Waals surface area contributed by atoms with Crippen LogP contribution in [0.4, 0.5) is 4.39 Å². The van der Waals surface area contributed by atoms with Gasteiger partial charge in [0.05, 0.1) is 6.10 Å². The molecule has 3 saturated carbocycles. The van der Waals surface area contributed by atoms with Crippen molar-refractivity contribution in [3.05, 3.63) is 34.1 Å². The quantitative estimate of drug-likeness (QED) is 0.897. The third-order valence-electron chi connectivity index (χ3n) is 5.68. The van der Waals surface area contributed by atoms with E-state index in [0.29, 0.717) is 12.3 Å². The van der Waals surface area contributed by atoms with E-state index in [1.54, 1.807) is 6.07 Å². The molecule has 5 unspecified atom stereocenters. The van der Waals surface area contributed by atoms with Crippen molar-refractivity contribution in [2.75, 3.05) is 0 Å². The zero-order chi connectivity index (χ0) is 13.1. The highest BCUT2D eigenvalue weighted by atomic mass is 79.9. The first-order valence-corrected chi connectivity index (χ1v) is 8.06. The van der Waals surface area contributed by atoms with Crippen molar-refractivity contribution in [2.45, 2.75) is 31.8 Å². The van der Waals surface area contributed by atoms with Crippen molar-refractivity contribution < 1.29 is 9.50 Å². The average Bonchev–Trinajstić information content (AvgIpc) is 2.82. The maximum absolute atomic E-state index is 13.1. The van der Waals surface area contributed by atoms with Gasteiger partial charge in [0.15, 0.2) is 0 Å². The molecule has 1 aromatic rings. The van der Waals surface area contributed by atoms with Gasteiger partial charge in [-0.25, -0.2) is 4.39 Å². The summed E-state index contributed by atoms with van der Waals surface area (Å²) in [5, 5.41) is 10.5. The number of halogens is 2. The fourth-order valence-electron chi connectivity index (χ4n) is 4.96. The van der Waals surface area contributed by atoms with E-state index in [-0.39, 0.29) is 11.9 Å². The van der Waals surface area contributed by atoms with Crippen molar-refractivity contribution in [3.63, 3.8) is 0 Å². The van der Waals surface area contributed by atoms with Crippen molar-refractivity contribution in [1.82, 2.24) is 0 Å². The lowest BCUT2D eigenvalue weighted by atomic mass is 9.95. The van der Waals surface area contributed by atoms with Crippen LogP contribution in [0.15, 0.2) is 22.7 Å². The summed E-state index contributed by atoms with van der Waals surface area (Å²) in [6.07, 6.45) is 4.58. The normalized spacial score (nSPS) is 40.3. The van der Waals surface area contributed by atoms with Gasteiger partial charge in [-0.1, -0.05) is 22.0 Å². The Morgan fingerprint density at radius 2 is 1.95 bits per heavy atom. The topological polar surface area (TPSA) is 20.2 Å². The molecule has 0 aliphatic heterocycles. The summed E-state index contributed by atoms with van der Waals surface area (Å²) in [6.45, 7) is 0. The number of hydrogen-bond acceptors (Lipinski definition) is 1. The molecule has 1 aromatic carbocycles. The van der Waals surface area contributed by atoms with Gasteiger partial charge in [0.2, 0.25) is 0 Å². The van der Waals surface area contributed by atoms with E-state index in [0.717, 1.165) is 33.7 Å². The van der Waals surface area contributed by atoms with Crippen LogP contribution in [0, 0.1) is 35.4 Å². The molecule has 0 spiro atoms. The third-order valence-corrected chi connectivity index (χ3v) is 6.42. The Hall–Kier alpha value is -0.410. The van der Waals surface area contributed by atoms with Crippen molar-refractivity contribution in [2.24, 2.45) is 29.6 Å². The molecule has 5 atom stereocenters. The Kier molecular flexibility index (Phi) is 2.79. The fourth-order valence-corrected chi connectivity index (χ4v) is 5.47. The second-order valence-corrected chi connectivity index (χ2v) is 7.43. The molecule has 1 N–H and O–H groups in total. The summed E-state index contributed by atoms with van der Waals surface area (Å²) in [5.74, 6) is 3.67. The van der Waals surface area contributed by atoms with Crippen molar-refractivity contribution in [3.8, 4) is 0 Å². The van der Waals surface area contributed by atoms with E-state index >= 15 is 0 Å². The molecule has 0 amide bonds. The third kappa shape index (κ3) is 1.89. The monoisotopic (exact) mass is 324 g/mol. The van der Waals surface area contributed by atoms with Gasteiger partial charge in [0.25, 0.3) is 0 Å². The highest BCUT2D eigenvalue weighted by Crippen LogP contribution is 2.70. The van der Waals surface area contributed by atoms with Gasteiger partial charge in [-0.05, 0) is 73.0 Å². The molecule has 0 saturated heterocycles. The predicted molar refractivity (Wildman–Crippen MR) is 75.1 cm³/mol. The van der Waals surface area contributed by atoms with Crippen molar-refractivity contribution >= 4 is 15.9 Å². The van der Waals surface area contributed by atoms with Crippen LogP contribution >= 0.6 is 15.9 Å². The van der Waals surface area contributed by atoms with Crippen molar-refractivity contribution in [1.29, 1.82) is 0 Å². The summed E-state index contributed by atoms with van der Waals surface area (Å²) >= 11 is 3.39. The molecule has 4 rings (SSSR count). The maximum atomic E-state index is 13.1. The molecule has 19 heavy (non-hydrogen) atoms. The van der Waals surface area contributed by atoms with Crippen LogP contribution in [0.2, 0.25) is 0 Å². The van der Waals surface area contributed by atoms with Gasteiger partial charge in [0.1, 0.15) is 5.82 Å². The van der Waals surface area contributed by atoms with Crippen LogP contribution in [0.3, 0.4) is 0 Å². The summed E-state index contributed by atoms with van der Waals surface area (Å²) in [5.41, 5.74) is 1.02. The first-order valence-electron chi connectivity index (χ1n) is 7.27. The van der Waals surface area contributed by atoms with E-state index in [1.807, 2.05) is 0 Å². The Balaban J connectivity index is 1.47. The Morgan fingerprint density at radius 3 is 2.58 bits per heavy atom. The van der Waals surface area contributed by atoms with Gasteiger partial charge in [-0.2, -0.15) is 0 Å². The highest BCUT2D eigenvalue weighted by molar-refractivity contribution is 9.10. The molecule has 3 fully saturated rings. The highest BCUT2D eigenvalue weighted by Gasteiger charge is 2.66.